The summed E-state index contributed by atoms with van der Waals surface area (Å²) in [6, 6.07) is 1.42. The van der Waals surface area contributed by atoms with Crippen LogP contribution in [0, 0.1) is 5.82 Å². The third kappa shape index (κ3) is 8.19. The number of halogens is 1. The molecule has 0 bridgehead atoms. The van der Waals surface area contributed by atoms with Crippen LogP contribution in [0.5, 0.6) is 0 Å². The lowest BCUT2D eigenvalue weighted by molar-refractivity contribution is 0.0514. The Morgan fingerprint density at radius 3 is 2.13 bits per heavy atom. The van der Waals surface area contributed by atoms with E-state index >= 15 is 0 Å². The lowest BCUT2D eigenvalue weighted by Gasteiger charge is -2.02. The molecule has 0 amide bonds. The second-order valence-electron chi connectivity index (χ2n) is 6.17. The maximum atomic E-state index is 13.7. The number of aromatic nitrogens is 1. The summed E-state index contributed by atoms with van der Waals surface area (Å²) in [5, 5.41) is 0. The Hall–Kier alpha value is -1.32. The number of rotatable bonds is 13. The van der Waals surface area contributed by atoms with E-state index in [1.54, 1.807) is 6.92 Å². The zero-order valence-electron chi connectivity index (χ0n) is 14.8. The lowest BCUT2D eigenvalue weighted by Crippen LogP contribution is -2.07. The van der Waals surface area contributed by atoms with Crippen LogP contribution in [-0.4, -0.2) is 17.6 Å². The quantitative estimate of drug-likeness (QED) is 0.368. The average Bonchev–Trinajstić information content (AvgIpc) is 2.90. The van der Waals surface area contributed by atoms with Crippen molar-refractivity contribution in [2.24, 2.45) is 0 Å². The summed E-state index contributed by atoms with van der Waals surface area (Å²) in [6.07, 6.45) is 13.6. The molecule has 0 atom stereocenters. The molecule has 0 spiro atoms. The second kappa shape index (κ2) is 12.1. The Kier molecular flexibility index (Phi) is 10.4. The summed E-state index contributed by atoms with van der Waals surface area (Å²) in [5.41, 5.74) is 0.735. The fourth-order valence-corrected chi connectivity index (χ4v) is 2.77. The SMILES string of the molecule is CCCCCCCCCCCCc1cc(F)c(C(=O)OCC)[nH]1. The lowest BCUT2D eigenvalue weighted by atomic mass is 10.1. The summed E-state index contributed by atoms with van der Waals surface area (Å²) >= 11 is 0. The van der Waals surface area contributed by atoms with E-state index in [9.17, 15) is 9.18 Å². The Bertz CT molecular complexity index is 443. The number of ether oxygens (including phenoxy) is 1. The average molecular weight is 325 g/mol. The molecule has 0 aromatic carbocycles. The fourth-order valence-electron chi connectivity index (χ4n) is 2.77. The molecule has 1 heterocycles. The number of carbonyl (C=O) groups excluding carboxylic acids is 1. The van der Waals surface area contributed by atoms with Crippen LogP contribution in [0.2, 0.25) is 0 Å². The molecule has 1 rings (SSSR count). The zero-order chi connectivity index (χ0) is 16.9. The number of hydrogen-bond acceptors (Lipinski definition) is 2. The van der Waals surface area contributed by atoms with Gasteiger partial charge in [0.15, 0.2) is 11.5 Å². The van der Waals surface area contributed by atoms with Crippen molar-refractivity contribution in [2.75, 3.05) is 6.61 Å². The largest absolute Gasteiger partial charge is 0.461 e. The van der Waals surface area contributed by atoms with Crippen LogP contribution < -0.4 is 0 Å². The maximum Gasteiger partial charge on any atom is 0.357 e. The molecule has 0 radical (unpaired) electrons. The molecular formula is C19H32FNO2. The summed E-state index contributed by atoms with van der Waals surface area (Å²) < 4.78 is 18.5. The van der Waals surface area contributed by atoms with Crippen LogP contribution >= 0.6 is 0 Å². The standard InChI is InChI=1S/C19H32FNO2/c1-3-5-6-7-8-9-10-11-12-13-14-16-15-17(20)18(21-16)19(22)23-4-2/h15,21H,3-14H2,1-2H3. The van der Waals surface area contributed by atoms with E-state index in [0.29, 0.717) is 0 Å². The highest BCUT2D eigenvalue weighted by molar-refractivity contribution is 5.87. The van der Waals surface area contributed by atoms with Crippen LogP contribution in [0.25, 0.3) is 0 Å². The normalized spacial score (nSPS) is 10.9. The van der Waals surface area contributed by atoms with Gasteiger partial charge < -0.3 is 9.72 Å². The predicted octanol–water partition coefficient (Wildman–Crippen LogP) is 5.79. The smallest absolute Gasteiger partial charge is 0.357 e. The fraction of sp³-hybridized carbons (Fsp3) is 0.737. The van der Waals surface area contributed by atoms with Crippen molar-refractivity contribution in [2.45, 2.75) is 84.5 Å². The number of aryl methyl sites for hydroxylation is 1. The van der Waals surface area contributed by atoms with Crippen molar-refractivity contribution >= 4 is 5.97 Å². The van der Waals surface area contributed by atoms with E-state index in [0.717, 1.165) is 25.0 Å². The molecule has 132 valence electrons. The number of esters is 1. The summed E-state index contributed by atoms with van der Waals surface area (Å²) in [4.78, 5) is 14.4. The first-order valence-electron chi connectivity index (χ1n) is 9.23. The number of carbonyl (C=O) groups is 1. The van der Waals surface area contributed by atoms with E-state index in [4.69, 9.17) is 4.74 Å². The summed E-state index contributed by atoms with van der Waals surface area (Å²) in [6.45, 7) is 4.21. The number of H-pyrrole nitrogens is 1. The van der Waals surface area contributed by atoms with Crippen molar-refractivity contribution in [3.05, 3.63) is 23.3 Å². The zero-order valence-corrected chi connectivity index (χ0v) is 14.8. The topological polar surface area (TPSA) is 42.1 Å². The first kappa shape index (κ1) is 19.7. The van der Waals surface area contributed by atoms with Gasteiger partial charge >= 0.3 is 5.97 Å². The molecule has 0 saturated heterocycles. The second-order valence-corrected chi connectivity index (χ2v) is 6.17. The van der Waals surface area contributed by atoms with Crippen molar-refractivity contribution < 1.29 is 13.9 Å². The molecule has 0 unspecified atom stereocenters. The van der Waals surface area contributed by atoms with Gasteiger partial charge in [-0.2, -0.15) is 0 Å². The number of unbranched alkanes of at least 4 members (excludes halogenated alkanes) is 9. The van der Waals surface area contributed by atoms with Gasteiger partial charge in [0, 0.05) is 5.69 Å². The van der Waals surface area contributed by atoms with E-state index in [-0.39, 0.29) is 12.3 Å². The molecule has 3 nitrogen and oxygen atoms in total. The van der Waals surface area contributed by atoms with Gasteiger partial charge in [-0.1, -0.05) is 64.7 Å². The Morgan fingerprint density at radius 1 is 1.00 bits per heavy atom. The van der Waals surface area contributed by atoms with Gasteiger partial charge in [-0.25, -0.2) is 9.18 Å². The van der Waals surface area contributed by atoms with Crippen molar-refractivity contribution in [1.29, 1.82) is 0 Å². The first-order valence-corrected chi connectivity index (χ1v) is 9.23. The number of aromatic amines is 1. The van der Waals surface area contributed by atoms with Crippen LogP contribution in [0.1, 0.15) is 94.2 Å². The molecule has 4 heteroatoms. The molecule has 0 fully saturated rings. The minimum absolute atomic E-state index is 0.0473. The third-order valence-corrected chi connectivity index (χ3v) is 4.10. The molecule has 0 saturated carbocycles. The van der Waals surface area contributed by atoms with Crippen molar-refractivity contribution in [3.8, 4) is 0 Å². The van der Waals surface area contributed by atoms with E-state index in [1.165, 1.54) is 57.4 Å². The summed E-state index contributed by atoms with van der Waals surface area (Å²) in [5.74, 6) is -1.12. The first-order chi connectivity index (χ1) is 11.2. The minimum atomic E-state index is -0.612. The molecule has 0 aliphatic rings. The molecule has 1 aromatic rings. The number of nitrogens with one attached hydrogen (secondary N) is 1. The highest BCUT2D eigenvalue weighted by Gasteiger charge is 2.16. The van der Waals surface area contributed by atoms with Gasteiger partial charge in [-0.15, -0.1) is 0 Å². The molecule has 0 aliphatic heterocycles. The molecular weight excluding hydrogens is 293 g/mol. The Labute approximate surface area is 140 Å². The molecule has 1 N–H and O–H groups in total. The molecule has 0 aliphatic carbocycles. The van der Waals surface area contributed by atoms with Crippen LogP contribution in [0.15, 0.2) is 6.07 Å². The summed E-state index contributed by atoms with van der Waals surface area (Å²) in [7, 11) is 0. The van der Waals surface area contributed by atoms with Crippen molar-refractivity contribution in [3.63, 3.8) is 0 Å². The Balaban J connectivity index is 2.10. The van der Waals surface area contributed by atoms with E-state index in [1.807, 2.05) is 0 Å². The van der Waals surface area contributed by atoms with Gasteiger partial charge in [0.2, 0.25) is 0 Å². The number of hydrogen-bond donors (Lipinski definition) is 1. The minimum Gasteiger partial charge on any atom is -0.461 e. The predicted molar refractivity (Wildman–Crippen MR) is 92.3 cm³/mol. The van der Waals surface area contributed by atoms with Gasteiger partial charge in [0.1, 0.15) is 0 Å². The van der Waals surface area contributed by atoms with E-state index in [2.05, 4.69) is 11.9 Å². The van der Waals surface area contributed by atoms with Gasteiger partial charge in [-0.3, -0.25) is 0 Å². The highest BCUT2D eigenvalue weighted by atomic mass is 19.1. The van der Waals surface area contributed by atoms with Gasteiger partial charge in [-0.05, 0) is 25.8 Å². The third-order valence-electron chi connectivity index (χ3n) is 4.10. The van der Waals surface area contributed by atoms with Gasteiger partial charge in [0.25, 0.3) is 0 Å². The molecule has 23 heavy (non-hydrogen) atoms. The van der Waals surface area contributed by atoms with Crippen LogP contribution in [-0.2, 0) is 11.2 Å². The highest BCUT2D eigenvalue weighted by Crippen LogP contribution is 2.15. The van der Waals surface area contributed by atoms with Crippen molar-refractivity contribution in [1.82, 2.24) is 4.98 Å². The molecule has 1 aromatic heterocycles. The van der Waals surface area contributed by atoms with E-state index < -0.39 is 11.8 Å². The van der Waals surface area contributed by atoms with Crippen LogP contribution in [0.3, 0.4) is 0 Å². The Morgan fingerprint density at radius 2 is 1.57 bits per heavy atom. The van der Waals surface area contributed by atoms with Crippen LogP contribution in [0.4, 0.5) is 4.39 Å². The maximum absolute atomic E-state index is 13.7. The van der Waals surface area contributed by atoms with Gasteiger partial charge in [0.05, 0.1) is 6.61 Å². The monoisotopic (exact) mass is 325 g/mol.